The third-order valence-corrected chi connectivity index (χ3v) is 5.38. The van der Waals surface area contributed by atoms with Crippen LogP contribution in [0.25, 0.3) is 0 Å². The molecule has 0 aromatic carbocycles. The fourth-order valence-corrected chi connectivity index (χ4v) is 3.97. The number of nitrogens with zero attached hydrogens (tertiary/aromatic N) is 2. The molecule has 6 nitrogen and oxygen atoms in total. The highest BCUT2D eigenvalue weighted by Gasteiger charge is 2.55. The summed E-state index contributed by atoms with van der Waals surface area (Å²) in [6.07, 6.45) is 1.45. The van der Waals surface area contributed by atoms with E-state index in [-0.39, 0.29) is 44.2 Å². The fraction of sp³-hybridized carbons (Fsp3) is 0.533. The van der Waals surface area contributed by atoms with Gasteiger partial charge in [0.15, 0.2) is 0 Å². The van der Waals surface area contributed by atoms with Gasteiger partial charge in [0.05, 0.1) is 17.6 Å². The van der Waals surface area contributed by atoms with Crippen LogP contribution >= 0.6 is 11.8 Å². The molecule has 136 valence electrons. The van der Waals surface area contributed by atoms with Crippen molar-refractivity contribution in [3.63, 3.8) is 0 Å². The third-order valence-electron chi connectivity index (χ3n) is 4.63. The minimum atomic E-state index is -4.57. The lowest BCUT2D eigenvalue weighted by Gasteiger charge is -2.33. The van der Waals surface area contributed by atoms with Gasteiger partial charge < -0.3 is 14.7 Å². The van der Waals surface area contributed by atoms with Gasteiger partial charge in [-0.15, -0.1) is 0 Å². The number of carbonyl (C=O) groups excluding carboxylic acids is 1. The lowest BCUT2D eigenvalue weighted by atomic mass is 9.74. The Labute approximate surface area is 145 Å². The maximum absolute atomic E-state index is 12.7. The van der Waals surface area contributed by atoms with Crippen molar-refractivity contribution in [2.45, 2.75) is 17.0 Å². The molecule has 25 heavy (non-hydrogen) atoms. The number of alkyl halides is 3. The molecule has 1 aromatic rings. The summed E-state index contributed by atoms with van der Waals surface area (Å²) in [4.78, 5) is 29.4. The summed E-state index contributed by atoms with van der Waals surface area (Å²) in [5, 5.41) is 9.18. The van der Waals surface area contributed by atoms with Gasteiger partial charge in [0.1, 0.15) is 5.03 Å². The quantitative estimate of drug-likeness (QED) is 0.816. The molecular formula is C15H15F3N2O4S. The van der Waals surface area contributed by atoms with E-state index in [4.69, 9.17) is 4.74 Å². The van der Waals surface area contributed by atoms with Crippen LogP contribution in [0.1, 0.15) is 16.8 Å². The number of rotatable bonds is 3. The highest BCUT2D eigenvalue weighted by Crippen LogP contribution is 2.44. The number of amides is 1. The molecule has 2 aliphatic rings. The summed E-state index contributed by atoms with van der Waals surface area (Å²) in [7, 11) is 0. The van der Waals surface area contributed by atoms with Gasteiger partial charge in [0, 0.05) is 43.6 Å². The summed E-state index contributed by atoms with van der Waals surface area (Å²) in [6.45, 7) is 0.594. The first-order valence-corrected chi connectivity index (χ1v) is 8.36. The van der Waals surface area contributed by atoms with E-state index in [0.29, 0.717) is 0 Å². The van der Waals surface area contributed by atoms with Crippen molar-refractivity contribution in [3.05, 3.63) is 23.9 Å². The summed E-state index contributed by atoms with van der Waals surface area (Å²) in [5.74, 6) is -2.03. The number of fused-ring (bicyclic) bond motifs is 1. The number of likely N-dealkylation sites (tertiary alicyclic amines) is 1. The van der Waals surface area contributed by atoms with Crippen LogP contribution in [0.15, 0.2) is 23.4 Å². The second-order valence-corrected chi connectivity index (χ2v) is 7.13. The molecule has 1 aromatic heterocycles. The lowest BCUT2D eigenvalue weighted by Crippen LogP contribution is -2.45. The Kier molecular flexibility index (Phi) is 4.67. The standard InChI is InChI=1S/C15H15F3N2O4S/c16-15(17,18)25-11-10(2-1-4-19-11)12(21)20-6-9-7-24-5-3-14(9,8-20)13(22)23/h1-2,4,9H,3,5-8H2,(H,22,23)/t9-,14+/m0/s1. The largest absolute Gasteiger partial charge is 0.481 e. The maximum Gasteiger partial charge on any atom is 0.447 e. The van der Waals surface area contributed by atoms with Crippen LogP contribution in [-0.4, -0.2) is 58.7 Å². The topological polar surface area (TPSA) is 79.7 Å². The SMILES string of the molecule is O=C(c1cccnc1SC(F)(F)F)N1C[C@H]2COCC[C@@]2(C(=O)O)C1. The second kappa shape index (κ2) is 6.49. The van der Waals surface area contributed by atoms with Gasteiger partial charge in [0.25, 0.3) is 5.91 Å². The number of halogens is 3. The average Bonchev–Trinajstić information content (AvgIpc) is 2.94. The Balaban J connectivity index is 1.87. The molecule has 2 saturated heterocycles. The summed E-state index contributed by atoms with van der Waals surface area (Å²) < 4.78 is 43.3. The van der Waals surface area contributed by atoms with Crippen LogP contribution in [0.3, 0.4) is 0 Å². The van der Waals surface area contributed by atoms with Crippen molar-refractivity contribution < 1.29 is 32.6 Å². The van der Waals surface area contributed by atoms with Crippen molar-refractivity contribution in [2.75, 3.05) is 26.3 Å². The molecule has 3 rings (SSSR count). The normalized spacial score (nSPS) is 26.4. The molecule has 0 spiro atoms. The van der Waals surface area contributed by atoms with Gasteiger partial charge >= 0.3 is 11.5 Å². The molecule has 1 amide bonds. The van der Waals surface area contributed by atoms with Gasteiger partial charge in [-0.1, -0.05) is 0 Å². The minimum absolute atomic E-state index is 0.0415. The zero-order chi connectivity index (χ0) is 18.2. The molecule has 3 heterocycles. The monoisotopic (exact) mass is 376 g/mol. The number of carboxylic acids is 1. The number of aliphatic carboxylic acids is 1. The van der Waals surface area contributed by atoms with E-state index in [1.807, 2.05) is 0 Å². The number of thioether (sulfide) groups is 1. The van der Waals surface area contributed by atoms with E-state index in [1.165, 1.54) is 23.2 Å². The maximum atomic E-state index is 12.7. The molecular weight excluding hydrogens is 361 g/mol. The van der Waals surface area contributed by atoms with E-state index in [2.05, 4.69) is 4.98 Å². The zero-order valence-electron chi connectivity index (χ0n) is 13.0. The fourth-order valence-electron chi connectivity index (χ4n) is 3.37. The molecule has 2 aliphatic heterocycles. The van der Waals surface area contributed by atoms with Crippen molar-refractivity contribution in [3.8, 4) is 0 Å². The molecule has 0 radical (unpaired) electrons. The van der Waals surface area contributed by atoms with Crippen LogP contribution in [-0.2, 0) is 9.53 Å². The van der Waals surface area contributed by atoms with Crippen LogP contribution < -0.4 is 0 Å². The molecule has 10 heteroatoms. The average molecular weight is 376 g/mol. The lowest BCUT2D eigenvalue weighted by molar-refractivity contribution is -0.157. The van der Waals surface area contributed by atoms with Crippen molar-refractivity contribution in [1.29, 1.82) is 0 Å². The van der Waals surface area contributed by atoms with Crippen molar-refractivity contribution in [2.24, 2.45) is 11.3 Å². The number of hydrogen-bond acceptors (Lipinski definition) is 5. The first-order valence-electron chi connectivity index (χ1n) is 7.54. The van der Waals surface area contributed by atoms with E-state index in [9.17, 15) is 27.9 Å². The van der Waals surface area contributed by atoms with Crippen molar-refractivity contribution in [1.82, 2.24) is 9.88 Å². The van der Waals surface area contributed by atoms with Crippen LogP contribution in [0, 0.1) is 11.3 Å². The Hall–Kier alpha value is -1.81. The predicted molar refractivity (Wildman–Crippen MR) is 81.0 cm³/mol. The van der Waals surface area contributed by atoms with Gasteiger partial charge in [-0.25, -0.2) is 4.98 Å². The van der Waals surface area contributed by atoms with Gasteiger partial charge in [-0.05, 0) is 18.6 Å². The van der Waals surface area contributed by atoms with E-state index < -0.39 is 39.6 Å². The molecule has 2 atom stereocenters. The third kappa shape index (κ3) is 3.45. The zero-order valence-corrected chi connectivity index (χ0v) is 13.8. The predicted octanol–water partition coefficient (Wildman–Crippen LogP) is 2.26. The molecule has 1 N–H and O–H groups in total. The number of carbonyl (C=O) groups is 2. The first-order chi connectivity index (χ1) is 11.7. The highest BCUT2D eigenvalue weighted by molar-refractivity contribution is 8.00. The molecule has 2 fully saturated rings. The van der Waals surface area contributed by atoms with Crippen molar-refractivity contribution >= 4 is 23.6 Å². The number of hydrogen-bond donors (Lipinski definition) is 1. The Morgan fingerprint density at radius 2 is 2.20 bits per heavy atom. The highest BCUT2D eigenvalue weighted by atomic mass is 32.2. The van der Waals surface area contributed by atoms with E-state index in [1.54, 1.807) is 0 Å². The number of pyridine rings is 1. The van der Waals surface area contributed by atoms with Gasteiger partial charge in [-0.3, -0.25) is 9.59 Å². The Morgan fingerprint density at radius 3 is 2.84 bits per heavy atom. The first kappa shape index (κ1) is 18.0. The van der Waals surface area contributed by atoms with Gasteiger partial charge in [0.2, 0.25) is 0 Å². The number of carboxylic acid groups (broad SMARTS) is 1. The smallest absolute Gasteiger partial charge is 0.447 e. The second-order valence-electron chi connectivity index (χ2n) is 6.07. The summed E-state index contributed by atoms with van der Waals surface area (Å²) in [5.41, 5.74) is -5.85. The summed E-state index contributed by atoms with van der Waals surface area (Å²) >= 11 is -0.454. The summed E-state index contributed by atoms with van der Waals surface area (Å²) in [6, 6.07) is 2.65. The van der Waals surface area contributed by atoms with E-state index in [0.717, 1.165) is 0 Å². The van der Waals surface area contributed by atoms with Crippen LogP contribution in [0.4, 0.5) is 13.2 Å². The number of ether oxygens (including phenoxy) is 1. The Morgan fingerprint density at radius 1 is 1.44 bits per heavy atom. The van der Waals surface area contributed by atoms with Crippen LogP contribution in [0.2, 0.25) is 0 Å². The Bertz CT molecular complexity index is 700. The van der Waals surface area contributed by atoms with Crippen LogP contribution in [0.5, 0.6) is 0 Å². The molecule has 0 bridgehead atoms. The van der Waals surface area contributed by atoms with Gasteiger partial charge in [-0.2, -0.15) is 13.2 Å². The molecule has 0 unspecified atom stereocenters. The number of aromatic nitrogens is 1. The molecule has 0 saturated carbocycles. The van der Waals surface area contributed by atoms with E-state index >= 15 is 0 Å². The minimum Gasteiger partial charge on any atom is -0.481 e. The molecule has 0 aliphatic carbocycles.